The van der Waals surface area contributed by atoms with Gasteiger partial charge in [-0.3, -0.25) is 52.7 Å². The minimum atomic E-state index is -2.03. The van der Waals surface area contributed by atoms with E-state index in [1.807, 2.05) is 0 Å². The largest absolute Gasteiger partial charge is 0.481 e. The van der Waals surface area contributed by atoms with Crippen molar-refractivity contribution in [3.05, 3.63) is 0 Å². The van der Waals surface area contributed by atoms with Crippen LogP contribution < -0.4 is 59.3 Å². The number of amides is 10. The number of carboxylic acid groups (broad SMARTS) is 2. The zero-order chi connectivity index (χ0) is 53.6. The Morgan fingerprint density at radius 2 is 0.797 bits per heavy atom. The Morgan fingerprint density at radius 1 is 0.435 bits per heavy atom. The first-order valence-electron chi connectivity index (χ1n) is 22.0. The zero-order valence-electron chi connectivity index (χ0n) is 40.1. The quantitative estimate of drug-likeness (QED) is 0.0307. The summed E-state index contributed by atoms with van der Waals surface area (Å²) in [5.74, 6) is -14.9. The van der Waals surface area contributed by atoms with Crippen molar-refractivity contribution in [2.24, 2.45) is 29.2 Å². The third kappa shape index (κ3) is 22.9. The van der Waals surface area contributed by atoms with Crippen LogP contribution in [0.2, 0.25) is 0 Å². The highest BCUT2D eigenvalue weighted by molar-refractivity contribution is 6.00. The van der Waals surface area contributed by atoms with Gasteiger partial charge in [0, 0.05) is 0 Å². The fourth-order valence-electron chi connectivity index (χ4n) is 6.07. The highest BCUT2D eigenvalue weighted by atomic mass is 16.4. The van der Waals surface area contributed by atoms with E-state index in [9.17, 15) is 83.1 Å². The first-order chi connectivity index (χ1) is 31.9. The van der Waals surface area contributed by atoms with E-state index in [0.717, 1.165) is 13.8 Å². The summed E-state index contributed by atoms with van der Waals surface area (Å²) in [7, 11) is 0. The second kappa shape index (κ2) is 30.1. The van der Waals surface area contributed by atoms with Gasteiger partial charge in [0.25, 0.3) is 0 Å². The van der Waals surface area contributed by atoms with Crippen molar-refractivity contribution in [1.29, 1.82) is 0 Å². The number of carbonyl (C=O) groups is 12. The van der Waals surface area contributed by atoms with Crippen LogP contribution in [0.3, 0.4) is 0 Å². The van der Waals surface area contributed by atoms with E-state index in [2.05, 4.69) is 47.9 Å². The smallest absolute Gasteiger partial charge is 0.326 e. The van der Waals surface area contributed by atoms with E-state index < -0.39 is 170 Å². The average Bonchev–Trinajstić information content (AvgIpc) is 3.23. The molecule has 392 valence electrons. The van der Waals surface area contributed by atoms with Crippen LogP contribution in [0.15, 0.2) is 0 Å². The molecule has 0 spiro atoms. The highest BCUT2D eigenvalue weighted by Crippen LogP contribution is 2.09. The van der Waals surface area contributed by atoms with E-state index in [1.165, 1.54) is 6.92 Å². The lowest BCUT2D eigenvalue weighted by Crippen LogP contribution is -2.62. The number of hydrogen-bond acceptors (Lipinski definition) is 16. The fraction of sp³-hybridized carbons (Fsp3) is 0.707. The Morgan fingerprint density at radius 3 is 1.19 bits per heavy atom. The Labute approximate surface area is 398 Å². The van der Waals surface area contributed by atoms with E-state index in [1.54, 1.807) is 41.5 Å². The van der Waals surface area contributed by atoms with Crippen molar-refractivity contribution >= 4 is 71.0 Å². The predicted molar refractivity (Wildman–Crippen MR) is 240 cm³/mol. The number of aliphatic hydroxyl groups excluding tert-OH is 3. The lowest BCUT2D eigenvalue weighted by atomic mass is 10.0. The van der Waals surface area contributed by atoms with Crippen molar-refractivity contribution in [2.75, 3.05) is 13.2 Å². The van der Waals surface area contributed by atoms with Gasteiger partial charge in [-0.05, 0) is 51.4 Å². The van der Waals surface area contributed by atoms with Crippen molar-refractivity contribution in [1.82, 2.24) is 47.9 Å². The maximum absolute atomic E-state index is 13.5. The minimum Gasteiger partial charge on any atom is -0.481 e. The van der Waals surface area contributed by atoms with Gasteiger partial charge in [0.15, 0.2) is 0 Å². The molecule has 28 nitrogen and oxygen atoms in total. The van der Waals surface area contributed by atoms with Crippen molar-refractivity contribution in [2.45, 2.75) is 155 Å². The molecular weight excluding hydrogens is 919 g/mol. The number of nitrogens with two attached hydrogens (primary N) is 2. The summed E-state index contributed by atoms with van der Waals surface area (Å²) in [4.78, 5) is 154. The number of aliphatic hydroxyl groups is 3. The standard InChI is InChI=1S/C41H71N11O17/c1-16(2)10-23(47-34(61)22(42)14-53)35(62)44-19(7)32(59)46-26(13-29(57)58)38(65)52-31(21(9)55)40(67)49-25(12-28(43)56)37(64)50-27(15-54)39(66)48-24(11-17(3)4)36(63)45-20(8)33(60)51-30(18(5)6)41(68)69/h16-27,30-31,53-55H,10-15,42H2,1-9H3,(H2,43,56)(H,44,62)(H,45,63)(H,46,59)(H,47,61)(H,48,66)(H,49,67)(H,50,64)(H,51,60)(H,52,65)(H,57,58)(H,68,69)/t19-,20-,21+,22-,23-,24-,25-,26-,27-,30-,31-/m0/s1. The summed E-state index contributed by atoms with van der Waals surface area (Å²) in [6.45, 7) is 11.5. The van der Waals surface area contributed by atoms with Gasteiger partial charge in [-0.25, -0.2) is 4.79 Å². The molecule has 28 heteroatoms. The van der Waals surface area contributed by atoms with Crippen LogP contribution in [0.25, 0.3) is 0 Å². The average molecular weight is 990 g/mol. The summed E-state index contributed by atoms with van der Waals surface area (Å²) in [6.07, 6.45) is -3.86. The molecule has 18 N–H and O–H groups in total. The van der Waals surface area contributed by atoms with Crippen molar-refractivity contribution < 1.29 is 83.1 Å². The maximum Gasteiger partial charge on any atom is 0.326 e. The molecule has 0 aromatic rings. The minimum absolute atomic E-state index is 0.0381. The summed E-state index contributed by atoms with van der Waals surface area (Å²) < 4.78 is 0. The molecule has 0 aromatic carbocycles. The predicted octanol–water partition coefficient (Wildman–Crippen LogP) is -6.74. The summed E-state index contributed by atoms with van der Waals surface area (Å²) in [6, 6.07) is -15.8. The van der Waals surface area contributed by atoms with Crippen LogP contribution in [0.4, 0.5) is 0 Å². The lowest BCUT2D eigenvalue weighted by Gasteiger charge is -2.28. The van der Waals surface area contributed by atoms with Crippen LogP contribution in [0.1, 0.15) is 88.0 Å². The Hall–Kier alpha value is -6.52. The van der Waals surface area contributed by atoms with Gasteiger partial charge >= 0.3 is 11.9 Å². The van der Waals surface area contributed by atoms with Gasteiger partial charge < -0.3 is 84.9 Å². The number of aliphatic carboxylic acids is 2. The molecule has 0 aliphatic heterocycles. The van der Waals surface area contributed by atoms with E-state index in [4.69, 9.17) is 11.5 Å². The van der Waals surface area contributed by atoms with Gasteiger partial charge in [-0.1, -0.05) is 41.5 Å². The Balaban J connectivity index is 6.20. The molecule has 0 aromatic heterocycles. The monoisotopic (exact) mass is 990 g/mol. The molecule has 0 aliphatic rings. The van der Waals surface area contributed by atoms with Crippen LogP contribution >= 0.6 is 0 Å². The maximum atomic E-state index is 13.5. The number of hydrogen-bond donors (Lipinski definition) is 16. The third-order valence-corrected chi connectivity index (χ3v) is 9.88. The van der Waals surface area contributed by atoms with Gasteiger partial charge in [-0.15, -0.1) is 0 Å². The molecule has 0 unspecified atom stereocenters. The summed E-state index contributed by atoms with van der Waals surface area (Å²) in [5.41, 5.74) is 10.8. The molecular formula is C41H71N11O17. The van der Waals surface area contributed by atoms with E-state index >= 15 is 0 Å². The zero-order valence-corrected chi connectivity index (χ0v) is 40.1. The molecule has 0 aliphatic carbocycles. The van der Waals surface area contributed by atoms with Crippen molar-refractivity contribution in [3.63, 3.8) is 0 Å². The van der Waals surface area contributed by atoms with Crippen LogP contribution in [-0.2, 0) is 57.5 Å². The van der Waals surface area contributed by atoms with Gasteiger partial charge in [0.1, 0.15) is 60.4 Å². The molecule has 0 saturated heterocycles. The van der Waals surface area contributed by atoms with Gasteiger partial charge in [0.2, 0.25) is 59.1 Å². The highest BCUT2D eigenvalue weighted by Gasteiger charge is 2.37. The topological polar surface area (TPSA) is 466 Å². The van der Waals surface area contributed by atoms with E-state index in [0.29, 0.717) is 0 Å². The first-order valence-corrected chi connectivity index (χ1v) is 22.0. The molecule has 0 fully saturated rings. The SMILES string of the molecule is CC(C)C[C@H](NC(=O)[C@H](CO)NC(=O)[C@H](CC(N)=O)NC(=O)[C@@H](NC(=O)[C@H](CC(=O)O)NC(=O)[C@H](C)NC(=O)[C@H](CC(C)C)NC(=O)[C@@H](N)CO)[C@@H](C)O)C(=O)N[C@@H](C)C(=O)N[C@H](C(=O)O)C(C)C. The molecule has 69 heavy (non-hydrogen) atoms. The second-order valence-electron chi connectivity index (χ2n) is 17.6. The number of primary amides is 1. The van der Waals surface area contributed by atoms with Crippen molar-refractivity contribution in [3.8, 4) is 0 Å². The molecule has 10 amide bonds. The van der Waals surface area contributed by atoms with Crippen LogP contribution in [0, 0.1) is 17.8 Å². The molecule has 0 heterocycles. The fourth-order valence-corrected chi connectivity index (χ4v) is 6.07. The Kier molecular flexibility index (Phi) is 27.2. The van der Waals surface area contributed by atoms with Gasteiger partial charge in [0.05, 0.1) is 32.2 Å². The number of carbonyl (C=O) groups excluding carboxylic acids is 10. The normalized spacial score (nSPS) is 16.0. The molecule has 11 atom stereocenters. The Bertz CT molecular complexity index is 1850. The second-order valence-corrected chi connectivity index (χ2v) is 17.6. The summed E-state index contributed by atoms with van der Waals surface area (Å²) >= 11 is 0. The van der Waals surface area contributed by atoms with E-state index in [-0.39, 0.29) is 24.7 Å². The number of nitrogens with one attached hydrogen (secondary N) is 9. The number of rotatable bonds is 31. The lowest BCUT2D eigenvalue weighted by molar-refractivity contribution is -0.143. The van der Waals surface area contributed by atoms with Crippen LogP contribution in [-0.4, -0.2) is 176 Å². The third-order valence-electron chi connectivity index (χ3n) is 9.88. The molecule has 0 bridgehead atoms. The number of carboxylic acids is 2. The molecule has 0 saturated carbocycles. The van der Waals surface area contributed by atoms with Gasteiger partial charge in [-0.2, -0.15) is 0 Å². The summed E-state index contributed by atoms with van der Waals surface area (Å²) in [5, 5.41) is 68.8. The van der Waals surface area contributed by atoms with Crippen LogP contribution in [0.5, 0.6) is 0 Å². The molecule has 0 radical (unpaired) electrons. The first kappa shape index (κ1) is 62.5. The molecule has 0 rings (SSSR count).